The zero-order valence-corrected chi connectivity index (χ0v) is 18.0. The summed E-state index contributed by atoms with van der Waals surface area (Å²) in [5, 5.41) is 14.2. The molecule has 1 atom stereocenters. The molecule has 2 bridgehead atoms. The van der Waals surface area contributed by atoms with E-state index in [1.165, 1.54) is 10.9 Å². The topological polar surface area (TPSA) is 129 Å². The van der Waals surface area contributed by atoms with Gasteiger partial charge in [0.1, 0.15) is 23.4 Å². The molecular weight excluding hydrogens is 408 g/mol. The number of hydrogen-bond acceptors (Lipinski definition) is 8. The van der Waals surface area contributed by atoms with Crippen molar-refractivity contribution in [3.8, 4) is 29.1 Å². The Balaban J connectivity index is 1.79. The lowest BCUT2D eigenvalue weighted by atomic mass is 9.73. The van der Waals surface area contributed by atoms with Crippen molar-refractivity contribution in [2.24, 2.45) is 7.05 Å². The zero-order chi connectivity index (χ0) is 22.6. The lowest BCUT2D eigenvalue weighted by Crippen LogP contribution is -2.51. The van der Waals surface area contributed by atoms with E-state index >= 15 is 0 Å². The Labute approximate surface area is 184 Å². The van der Waals surface area contributed by atoms with Crippen molar-refractivity contribution in [1.82, 2.24) is 19.7 Å². The number of Topliss-reactive ketones (excluding diaryl/α,β-unsaturated/α-hetero) is 1. The molecule has 1 aliphatic carbocycles. The molecule has 1 aliphatic heterocycles. The fourth-order valence-corrected chi connectivity index (χ4v) is 4.28. The van der Waals surface area contributed by atoms with Crippen molar-refractivity contribution in [2.75, 3.05) is 5.73 Å². The molecule has 1 fully saturated rings. The summed E-state index contributed by atoms with van der Waals surface area (Å²) in [6, 6.07) is 7.79. The van der Waals surface area contributed by atoms with Gasteiger partial charge in [-0.3, -0.25) is 9.48 Å². The molecule has 32 heavy (non-hydrogen) atoms. The summed E-state index contributed by atoms with van der Waals surface area (Å²) in [5.74, 6) is 0.281. The number of carbonyl (C=O) groups excluding carboxylic acids is 1. The van der Waals surface area contributed by atoms with Crippen LogP contribution >= 0.6 is 0 Å². The lowest BCUT2D eigenvalue weighted by molar-refractivity contribution is 0.00180. The number of ketones is 1. The number of benzene rings is 1. The number of nitriles is 1. The average molecular weight is 430 g/mol. The number of ether oxygens (including phenoxy) is 2. The molecular formula is C23H22N6O3. The van der Waals surface area contributed by atoms with Gasteiger partial charge in [0.2, 0.25) is 11.7 Å². The number of fused-ring (bicyclic) bond motifs is 5. The highest BCUT2D eigenvalue weighted by atomic mass is 16.5. The maximum absolute atomic E-state index is 13.8. The molecule has 3 heterocycles. The van der Waals surface area contributed by atoms with E-state index in [4.69, 9.17) is 15.2 Å². The first-order valence-electron chi connectivity index (χ1n) is 10.4. The van der Waals surface area contributed by atoms with E-state index in [1.54, 1.807) is 7.05 Å². The second-order valence-electron chi connectivity index (χ2n) is 8.34. The van der Waals surface area contributed by atoms with E-state index in [9.17, 15) is 10.1 Å². The molecule has 5 rings (SSSR count). The Morgan fingerprint density at radius 2 is 2.09 bits per heavy atom. The van der Waals surface area contributed by atoms with Gasteiger partial charge in [-0.2, -0.15) is 5.26 Å². The lowest BCUT2D eigenvalue weighted by Gasteiger charge is -2.40. The number of hydrogen-bond donors (Lipinski definition) is 1. The number of nitrogens with zero attached hydrogens (tertiary/aromatic N) is 5. The van der Waals surface area contributed by atoms with E-state index in [0.717, 1.165) is 17.5 Å². The third-order valence-electron chi connectivity index (χ3n) is 6.19. The average Bonchev–Trinajstić information content (AvgIpc) is 3.05. The summed E-state index contributed by atoms with van der Waals surface area (Å²) in [5.41, 5.74) is 8.20. The number of nitrogens with two attached hydrogens (primary N) is 1. The molecule has 9 nitrogen and oxygen atoms in total. The summed E-state index contributed by atoms with van der Waals surface area (Å²) >= 11 is 0. The van der Waals surface area contributed by atoms with E-state index in [-0.39, 0.29) is 29.1 Å². The number of aryl methyl sites for hydroxylation is 2. The van der Waals surface area contributed by atoms with Crippen LogP contribution in [0.15, 0.2) is 24.4 Å². The standard InChI is InChI=1S/C23H22N6O3/c1-12-5-6-14-15(9-12)13(2)31-22-20(25)26-11-16(27-22)18-17(10-24)29(3)28-21(18)32-23(19(14)30)7-4-8-23/h5-6,9,11,13H,4,7-8H2,1-3H3,(H2,25,26)/t13-/m1/s1. The van der Waals surface area contributed by atoms with E-state index in [0.29, 0.717) is 29.7 Å². The maximum Gasteiger partial charge on any atom is 0.258 e. The van der Waals surface area contributed by atoms with Gasteiger partial charge in [0.15, 0.2) is 17.1 Å². The molecule has 2 aromatic heterocycles. The van der Waals surface area contributed by atoms with Crippen LogP contribution in [-0.4, -0.2) is 31.1 Å². The normalized spacial score (nSPS) is 18.7. The van der Waals surface area contributed by atoms with Crippen LogP contribution in [-0.2, 0) is 7.05 Å². The molecule has 1 spiro atoms. The van der Waals surface area contributed by atoms with Crippen LogP contribution in [0.5, 0.6) is 11.8 Å². The molecule has 2 N–H and O–H groups in total. The minimum Gasteiger partial charge on any atom is -0.467 e. The summed E-state index contributed by atoms with van der Waals surface area (Å²) < 4.78 is 13.9. The largest absolute Gasteiger partial charge is 0.467 e. The quantitative estimate of drug-likeness (QED) is 0.575. The van der Waals surface area contributed by atoms with Gasteiger partial charge in [-0.05, 0) is 33.1 Å². The van der Waals surface area contributed by atoms with Crippen LogP contribution in [0.2, 0.25) is 0 Å². The summed E-state index contributed by atoms with van der Waals surface area (Å²) in [4.78, 5) is 22.6. The molecule has 0 unspecified atom stereocenters. The number of aromatic nitrogens is 4. The third kappa shape index (κ3) is 2.91. The first kappa shape index (κ1) is 20.0. The van der Waals surface area contributed by atoms with Crippen LogP contribution in [0.25, 0.3) is 11.3 Å². The van der Waals surface area contributed by atoms with Crippen molar-refractivity contribution in [1.29, 1.82) is 5.26 Å². The maximum atomic E-state index is 13.8. The van der Waals surface area contributed by atoms with Crippen molar-refractivity contribution >= 4 is 11.6 Å². The summed E-state index contributed by atoms with van der Waals surface area (Å²) in [6.07, 6.45) is 2.92. The van der Waals surface area contributed by atoms with Gasteiger partial charge < -0.3 is 15.2 Å². The number of anilines is 1. The van der Waals surface area contributed by atoms with Crippen LogP contribution in [0.3, 0.4) is 0 Å². The molecule has 3 aromatic rings. The second-order valence-corrected chi connectivity index (χ2v) is 8.34. The first-order chi connectivity index (χ1) is 15.3. The van der Waals surface area contributed by atoms with Crippen LogP contribution in [0, 0.1) is 18.3 Å². The van der Waals surface area contributed by atoms with Crippen molar-refractivity contribution in [2.45, 2.75) is 44.8 Å². The van der Waals surface area contributed by atoms with Gasteiger partial charge in [-0.25, -0.2) is 9.97 Å². The SMILES string of the molecule is Cc1ccc2c(c1)[C@@H](C)Oc1nc(cnc1N)-c1c(nn(C)c1C#N)OC1(CCC1)C2=O. The molecule has 1 aromatic carbocycles. The minimum atomic E-state index is -1.05. The van der Waals surface area contributed by atoms with E-state index < -0.39 is 11.7 Å². The third-order valence-corrected chi connectivity index (χ3v) is 6.19. The minimum absolute atomic E-state index is 0.110. The predicted molar refractivity (Wildman–Crippen MR) is 115 cm³/mol. The Morgan fingerprint density at radius 1 is 1.31 bits per heavy atom. The van der Waals surface area contributed by atoms with Gasteiger partial charge in [-0.15, -0.1) is 5.10 Å². The summed E-state index contributed by atoms with van der Waals surface area (Å²) in [6.45, 7) is 3.80. The Bertz CT molecular complexity index is 1300. The van der Waals surface area contributed by atoms with Crippen LogP contribution in [0.4, 0.5) is 5.82 Å². The van der Waals surface area contributed by atoms with Gasteiger partial charge >= 0.3 is 0 Å². The fraction of sp³-hybridized carbons (Fsp3) is 0.348. The highest BCUT2D eigenvalue weighted by Gasteiger charge is 2.49. The molecule has 0 amide bonds. The first-order valence-corrected chi connectivity index (χ1v) is 10.4. The second kappa shape index (κ2) is 7.05. The molecule has 0 saturated heterocycles. The van der Waals surface area contributed by atoms with Gasteiger partial charge in [0.25, 0.3) is 5.88 Å². The van der Waals surface area contributed by atoms with E-state index in [1.807, 2.05) is 32.0 Å². The van der Waals surface area contributed by atoms with Crippen molar-refractivity contribution < 1.29 is 14.3 Å². The van der Waals surface area contributed by atoms with Crippen molar-refractivity contribution in [3.63, 3.8) is 0 Å². The number of carbonyl (C=O) groups is 1. The zero-order valence-electron chi connectivity index (χ0n) is 18.0. The monoisotopic (exact) mass is 430 g/mol. The highest BCUT2D eigenvalue weighted by molar-refractivity contribution is 6.04. The van der Waals surface area contributed by atoms with Gasteiger partial charge in [-0.1, -0.05) is 23.8 Å². The predicted octanol–water partition coefficient (Wildman–Crippen LogP) is 3.28. The Hall–Kier alpha value is -3.93. The van der Waals surface area contributed by atoms with E-state index in [2.05, 4.69) is 21.1 Å². The van der Waals surface area contributed by atoms with Gasteiger partial charge in [0, 0.05) is 18.2 Å². The fourth-order valence-electron chi connectivity index (χ4n) is 4.28. The Kier molecular flexibility index (Phi) is 4.41. The highest BCUT2D eigenvalue weighted by Crippen LogP contribution is 2.44. The van der Waals surface area contributed by atoms with Crippen LogP contribution in [0.1, 0.15) is 59.5 Å². The molecule has 9 heteroatoms. The molecule has 1 saturated carbocycles. The summed E-state index contributed by atoms with van der Waals surface area (Å²) in [7, 11) is 1.64. The molecule has 0 radical (unpaired) electrons. The molecule has 162 valence electrons. The Morgan fingerprint density at radius 3 is 2.78 bits per heavy atom. The molecule has 2 aliphatic rings. The van der Waals surface area contributed by atoms with Gasteiger partial charge in [0.05, 0.1) is 6.20 Å². The smallest absolute Gasteiger partial charge is 0.258 e. The van der Waals surface area contributed by atoms with Crippen LogP contribution < -0.4 is 15.2 Å². The number of nitrogen functional groups attached to an aromatic ring is 1. The van der Waals surface area contributed by atoms with Crippen molar-refractivity contribution in [3.05, 3.63) is 46.8 Å². The number of rotatable bonds is 0.